The Morgan fingerprint density at radius 2 is 1.80 bits per heavy atom. The molecule has 1 aromatic rings. The van der Waals surface area contributed by atoms with Crippen molar-refractivity contribution in [2.24, 2.45) is 5.10 Å². The van der Waals surface area contributed by atoms with E-state index in [-0.39, 0.29) is 5.54 Å². The third-order valence-corrected chi connectivity index (χ3v) is 2.00. The highest BCUT2D eigenvalue weighted by Crippen LogP contribution is 2.03. The largest absolute Gasteiger partial charge is 0.305 e. The van der Waals surface area contributed by atoms with Crippen LogP contribution in [0.4, 0.5) is 0 Å². The maximum atomic E-state index is 4.19. The van der Waals surface area contributed by atoms with Crippen LogP contribution >= 0.6 is 0 Å². The number of aryl methyl sites for hydroxylation is 1. The molecule has 0 aromatic heterocycles. The molecule has 0 fully saturated rings. The predicted molar refractivity (Wildman–Crippen MR) is 66.3 cm³/mol. The lowest BCUT2D eigenvalue weighted by molar-refractivity contribution is 0.442. The van der Waals surface area contributed by atoms with Crippen LogP contribution in [0.1, 0.15) is 38.8 Å². The summed E-state index contributed by atoms with van der Waals surface area (Å²) in [6.07, 6.45) is 2.93. The van der Waals surface area contributed by atoms with E-state index < -0.39 is 0 Å². The monoisotopic (exact) mass is 204 g/mol. The van der Waals surface area contributed by atoms with Crippen LogP contribution in [0.15, 0.2) is 29.4 Å². The first kappa shape index (κ1) is 11.8. The second-order valence-corrected chi connectivity index (χ2v) is 4.72. The summed E-state index contributed by atoms with van der Waals surface area (Å²) in [6.45, 7) is 8.42. The summed E-state index contributed by atoms with van der Waals surface area (Å²) in [4.78, 5) is 0. The molecule has 0 aliphatic rings. The Hall–Kier alpha value is -1.31. The van der Waals surface area contributed by atoms with Gasteiger partial charge in [-0.2, -0.15) is 5.10 Å². The first-order chi connectivity index (χ1) is 7.01. The zero-order valence-electron chi connectivity index (χ0n) is 10.0. The van der Waals surface area contributed by atoms with Crippen molar-refractivity contribution in [1.82, 2.24) is 5.43 Å². The van der Waals surface area contributed by atoms with E-state index in [0.717, 1.165) is 12.0 Å². The van der Waals surface area contributed by atoms with E-state index in [1.165, 1.54) is 5.56 Å². The van der Waals surface area contributed by atoms with Gasteiger partial charge in [0.15, 0.2) is 0 Å². The van der Waals surface area contributed by atoms with Crippen LogP contribution in [0.3, 0.4) is 0 Å². The number of hydrogen-bond donors (Lipinski definition) is 1. The minimum atomic E-state index is 0.0276. The smallest absolute Gasteiger partial charge is 0.0540 e. The normalized spacial score (nSPS) is 12.0. The summed E-state index contributed by atoms with van der Waals surface area (Å²) in [6, 6.07) is 8.45. The van der Waals surface area contributed by atoms with Gasteiger partial charge in [0.1, 0.15) is 0 Å². The Kier molecular flexibility index (Phi) is 3.89. The molecule has 0 saturated carbocycles. The number of rotatable bonds is 3. The van der Waals surface area contributed by atoms with Crippen LogP contribution in [0.25, 0.3) is 0 Å². The average molecular weight is 204 g/mol. The zero-order valence-corrected chi connectivity index (χ0v) is 10.0. The van der Waals surface area contributed by atoms with E-state index in [0.29, 0.717) is 0 Å². The van der Waals surface area contributed by atoms with Crippen molar-refractivity contribution >= 4 is 6.21 Å². The summed E-state index contributed by atoms with van der Waals surface area (Å²) in [7, 11) is 0. The molecule has 0 amide bonds. The molecule has 0 unspecified atom stereocenters. The Morgan fingerprint density at radius 3 is 2.27 bits per heavy atom. The molecule has 1 N–H and O–H groups in total. The van der Waals surface area contributed by atoms with Crippen molar-refractivity contribution < 1.29 is 0 Å². The molecule has 0 heterocycles. The lowest BCUT2D eigenvalue weighted by Gasteiger charge is -2.16. The molecule has 0 spiro atoms. The number of hydrogen-bond acceptors (Lipinski definition) is 2. The molecule has 0 saturated heterocycles. The third-order valence-electron chi connectivity index (χ3n) is 2.00. The van der Waals surface area contributed by atoms with Crippen molar-refractivity contribution in [2.75, 3.05) is 0 Å². The molecule has 15 heavy (non-hydrogen) atoms. The molecule has 0 aliphatic heterocycles. The molecule has 0 bridgehead atoms. The maximum absolute atomic E-state index is 4.19. The topological polar surface area (TPSA) is 24.4 Å². The van der Waals surface area contributed by atoms with E-state index in [2.05, 4.69) is 62.5 Å². The number of nitrogens with one attached hydrogen (secondary N) is 1. The summed E-state index contributed by atoms with van der Waals surface area (Å²) in [5.74, 6) is 0. The van der Waals surface area contributed by atoms with Gasteiger partial charge in [-0.25, -0.2) is 0 Å². The zero-order chi connectivity index (χ0) is 11.3. The van der Waals surface area contributed by atoms with E-state index in [1.807, 2.05) is 6.21 Å². The van der Waals surface area contributed by atoms with Gasteiger partial charge in [0.25, 0.3) is 0 Å². The SMILES string of the molecule is CCc1ccc(/C=N/NC(C)(C)C)cc1. The second kappa shape index (κ2) is 4.96. The van der Waals surface area contributed by atoms with Crippen LogP contribution in [0.5, 0.6) is 0 Å². The average Bonchev–Trinajstić information content (AvgIpc) is 2.17. The fourth-order valence-corrected chi connectivity index (χ4v) is 1.14. The van der Waals surface area contributed by atoms with Crippen molar-refractivity contribution in [3.8, 4) is 0 Å². The molecule has 0 atom stereocenters. The predicted octanol–water partition coefficient (Wildman–Crippen LogP) is 2.97. The lowest BCUT2D eigenvalue weighted by atomic mass is 10.1. The first-order valence-electron chi connectivity index (χ1n) is 5.40. The Labute approximate surface area is 92.4 Å². The quantitative estimate of drug-likeness (QED) is 0.594. The fourth-order valence-electron chi connectivity index (χ4n) is 1.14. The summed E-state index contributed by atoms with van der Waals surface area (Å²) >= 11 is 0. The van der Waals surface area contributed by atoms with Crippen LogP contribution in [-0.2, 0) is 6.42 Å². The first-order valence-corrected chi connectivity index (χ1v) is 5.40. The Morgan fingerprint density at radius 1 is 1.20 bits per heavy atom. The molecule has 1 rings (SSSR count). The molecule has 1 aromatic carbocycles. The molecule has 0 aliphatic carbocycles. The van der Waals surface area contributed by atoms with Gasteiger partial charge in [-0.1, -0.05) is 31.2 Å². The minimum absolute atomic E-state index is 0.0276. The number of hydrazone groups is 1. The highest BCUT2D eigenvalue weighted by Gasteiger charge is 2.05. The Balaban J connectivity index is 2.57. The van der Waals surface area contributed by atoms with Gasteiger partial charge in [0, 0.05) is 5.54 Å². The maximum Gasteiger partial charge on any atom is 0.0540 e. The molecule has 0 radical (unpaired) electrons. The third kappa shape index (κ3) is 4.63. The van der Waals surface area contributed by atoms with E-state index >= 15 is 0 Å². The molecular weight excluding hydrogens is 184 g/mol. The van der Waals surface area contributed by atoms with Crippen molar-refractivity contribution in [1.29, 1.82) is 0 Å². The van der Waals surface area contributed by atoms with Crippen LogP contribution in [0, 0.1) is 0 Å². The van der Waals surface area contributed by atoms with Gasteiger partial charge >= 0.3 is 0 Å². The van der Waals surface area contributed by atoms with E-state index in [1.54, 1.807) is 0 Å². The molecule has 2 heteroatoms. The van der Waals surface area contributed by atoms with E-state index in [4.69, 9.17) is 0 Å². The number of nitrogens with zero attached hydrogens (tertiary/aromatic N) is 1. The summed E-state index contributed by atoms with van der Waals surface area (Å²) < 4.78 is 0. The fraction of sp³-hybridized carbons (Fsp3) is 0.462. The summed E-state index contributed by atoms with van der Waals surface area (Å²) in [5, 5.41) is 4.19. The molecular formula is C13H20N2. The highest BCUT2D eigenvalue weighted by molar-refractivity contribution is 5.79. The van der Waals surface area contributed by atoms with Crippen LogP contribution in [0.2, 0.25) is 0 Å². The van der Waals surface area contributed by atoms with Gasteiger partial charge in [-0.05, 0) is 38.3 Å². The highest BCUT2D eigenvalue weighted by atomic mass is 15.3. The van der Waals surface area contributed by atoms with Crippen molar-refractivity contribution in [3.05, 3.63) is 35.4 Å². The molecule has 82 valence electrons. The standard InChI is InChI=1S/C13H20N2/c1-5-11-6-8-12(9-7-11)10-14-15-13(2,3)4/h6-10,15H,5H2,1-4H3/b14-10+. The van der Waals surface area contributed by atoms with E-state index in [9.17, 15) is 0 Å². The number of benzene rings is 1. The lowest BCUT2D eigenvalue weighted by Crippen LogP contribution is -2.31. The van der Waals surface area contributed by atoms with Crippen LogP contribution in [-0.4, -0.2) is 11.8 Å². The minimum Gasteiger partial charge on any atom is -0.305 e. The summed E-state index contributed by atoms with van der Waals surface area (Å²) in [5.41, 5.74) is 5.58. The second-order valence-electron chi connectivity index (χ2n) is 4.72. The van der Waals surface area contributed by atoms with Crippen molar-refractivity contribution in [3.63, 3.8) is 0 Å². The van der Waals surface area contributed by atoms with Gasteiger partial charge in [0.05, 0.1) is 6.21 Å². The van der Waals surface area contributed by atoms with Gasteiger partial charge < -0.3 is 5.43 Å². The van der Waals surface area contributed by atoms with Gasteiger partial charge in [0.2, 0.25) is 0 Å². The molecule has 2 nitrogen and oxygen atoms in total. The van der Waals surface area contributed by atoms with Gasteiger partial charge in [-0.3, -0.25) is 0 Å². The van der Waals surface area contributed by atoms with Crippen molar-refractivity contribution in [2.45, 2.75) is 39.7 Å². The van der Waals surface area contributed by atoms with Gasteiger partial charge in [-0.15, -0.1) is 0 Å². The Bertz CT molecular complexity index is 317. The van der Waals surface area contributed by atoms with Crippen LogP contribution < -0.4 is 5.43 Å².